The van der Waals surface area contributed by atoms with Gasteiger partial charge in [0.05, 0.1) is 6.61 Å². The molecule has 3 aliphatic rings. The standard InChI is InChI=1S/C15H22O9.C8H18O3.C6H15N.C2HF3O2/c1-4-21-15(2)23-11-9-7(13(16)17)8(10(22-9)12(11)24-15)14(18)20-6-5-19-3;1-5-9-8(4,10-6-2)11-7-3;1-4-7(5-2)6-3;3-2(4,5)1(6)7/h7-12H,4-6H2,1-3H3,(H,16,17);5-7H2,1-4H3;4-6H2,1-3H3;(H,6,7)/t7?,8?,9-,10?,11+,12?,15?;;;/m0.../s1. The quantitative estimate of drug-likeness (QED) is 0.134. The molecule has 49 heavy (non-hydrogen) atoms. The molecule has 3 heterocycles. The summed E-state index contributed by atoms with van der Waals surface area (Å²) < 4.78 is 80.2. The van der Waals surface area contributed by atoms with Gasteiger partial charge in [0.15, 0.2) is 0 Å². The van der Waals surface area contributed by atoms with Gasteiger partial charge in [-0.1, -0.05) is 20.8 Å². The van der Waals surface area contributed by atoms with Crippen LogP contribution in [-0.2, 0) is 57.0 Å². The summed E-state index contributed by atoms with van der Waals surface area (Å²) in [6.07, 6.45) is -7.75. The van der Waals surface area contributed by atoms with Crippen molar-refractivity contribution in [1.29, 1.82) is 0 Å². The molecule has 7 atom stereocenters. The van der Waals surface area contributed by atoms with E-state index in [9.17, 15) is 27.9 Å². The maximum absolute atomic E-state index is 12.4. The first kappa shape index (κ1) is 46.8. The van der Waals surface area contributed by atoms with E-state index in [0.29, 0.717) is 26.4 Å². The van der Waals surface area contributed by atoms with Crippen LogP contribution in [-0.4, -0.2) is 142 Å². The molecule has 0 aromatic heterocycles. The van der Waals surface area contributed by atoms with Gasteiger partial charge < -0.3 is 57.7 Å². The van der Waals surface area contributed by atoms with Crippen LogP contribution in [0.15, 0.2) is 0 Å². The van der Waals surface area contributed by atoms with Crippen LogP contribution in [0.4, 0.5) is 13.2 Å². The number of methoxy groups -OCH3 is 1. The normalized spacial score (nSPS) is 26.8. The highest BCUT2D eigenvalue weighted by Gasteiger charge is 2.70. The fraction of sp³-hybridized carbons (Fsp3) is 0.903. The maximum Gasteiger partial charge on any atom is 0.490 e. The largest absolute Gasteiger partial charge is 0.490 e. The highest BCUT2D eigenvalue weighted by molar-refractivity contribution is 5.83. The molecule has 5 unspecified atom stereocenters. The number of rotatable bonds is 16. The lowest BCUT2D eigenvalue weighted by Gasteiger charge is -2.28. The Kier molecular flexibility index (Phi) is 21.6. The molecule has 0 aliphatic carbocycles. The number of carbonyl (C=O) groups excluding carboxylic acids is 1. The third-order valence-electron chi connectivity index (χ3n) is 7.38. The van der Waals surface area contributed by atoms with Crippen LogP contribution in [0.2, 0.25) is 0 Å². The lowest BCUT2D eigenvalue weighted by molar-refractivity contribution is -0.365. The van der Waals surface area contributed by atoms with E-state index < -0.39 is 72.3 Å². The second-order valence-electron chi connectivity index (χ2n) is 10.7. The summed E-state index contributed by atoms with van der Waals surface area (Å²) in [6.45, 7) is 23.5. The van der Waals surface area contributed by atoms with Gasteiger partial charge in [0.1, 0.15) is 42.9 Å². The van der Waals surface area contributed by atoms with E-state index in [2.05, 4.69) is 25.7 Å². The molecule has 0 aromatic rings. The van der Waals surface area contributed by atoms with Crippen molar-refractivity contribution in [2.24, 2.45) is 11.8 Å². The van der Waals surface area contributed by atoms with Gasteiger partial charge in [-0.05, 0) is 47.3 Å². The number of aliphatic carboxylic acids is 2. The Balaban J connectivity index is 0.000000763. The van der Waals surface area contributed by atoms with Gasteiger partial charge in [0, 0.05) is 47.4 Å². The van der Waals surface area contributed by atoms with E-state index in [4.69, 9.17) is 52.5 Å². The molecule has 3 aliphatic heterocycles. The second kappa shape index (κ2) is 22.6. The van der Waals surface area contributed by atoms with E-state index in [-0.39, 0.29) is 13.2 Å². The SMILES string of the molecule is CCN(CC)CC.CCOC(C)(OCC)OCC.CCOC1(C)OC2C3O[C@@H](C(C(=O)O)C3C(=O)OCCOC)[C@H]2O1.O=C(O)C(F)(F)F. The van der Waals surface area contributed by atoms with E-state index in [1.165, 1.54) is 26.7 Å². The van der Waals surface area contributed by atoms with Crippen LogP contribution in [0.1, 0.15) is 62.3 Å². The Labute approximate surface area is 286 Å². The molecule has 2 N–H and O–H groups in total. The summed E-state index contributed by atoms with van der Waals surface area (Å²) in [5.74, 6) is -8.60. The average molecular weight is 724 g/mol. The summed E-state index contributed by atoms with van der Waals surface area (Å²) in [4.78, 5) is 35.3. The van der Waals surface area contributed by atoms with E-state index in [1.807, 2.05) is 20.8 Å². The van der Waals surface area contributed by atoms with Crippen molar-refractivity contribution in [2.75, 3.05) is 66.4 Å². The average Bonchev–Trinajstić information content (AvgIpc) is 3.67. The van der Waals surface area contributed by atoms with Gasteiger partial charge in [-0.2, -0.15) is 13.2 Å². The molecule has 3 rings (SSSR count). The smallest absolute Gasteiger partial charge is 0.481 e. The number of hydrogen-bond acceptors (Lipinski definition) is 13. The number of halogens is 3. The zero-order valence-electron chi connectivity index (χ0n) is 30.2. The number of carboxylic acids is 2. The summed E-state index contributed by atoms with van der Waals surface area (Å²) in [6, 6.07) is 0. The number of esters is 1. The van der Waals surface area contributed by atoms with Crippen LogP contribution in [0.3, 0.4) is 0 Å². The number of alkyl halides is 3. The highest BCUT2D eigenvalue weighted by atomic mass is 19.4. The molecular weight excluding hydrogens is 667 g/mol. The fourth-order valence-corrected chi connectivity index (χ4v) is 5.30. The molecule has 2 bridgehead atoms. The van der Waals surface area contributed by atoms with Crippen molar-refractivity contribution in [3.05, 3.63) is 0 Å². The first-order valence-electron chi connectivity index (χ1n) is 16.4. The number of fused-ring (bicyclic) bond motifs is 5. The summed E-state index contributed by atoms with van der Waals surface area (Å²) in [5.41, 5.74) is 0. The highest BCUT2D eigenvalue weighted by Crippen LogP contribution is 2.52. The van der Waals surface area contributed by atoms with E-state index in [0.717, 1.165) is 0 Å². The molecule has 0 amide bonds. The summed E-state index contributed by atoms with van der Waals surface area (Å²) in [7, 11) is 1.48. The minimum atomic E-state index is -5.08. The molecule has 3 saturated heterocycles. The number of carboxylic acid groups (broad SMARTS) is 2. The molecule has 0 spiro atoms. The van der Waals surface area contributed by atoms with Crippen LogP contribution in [0.5, 0.6) is 0 Å². The third-order valence-corrected chi connectivity index (χ3v) is 7.38. The minimum Gasteiger partial charge on any atom is -0.481 e. The first-order valence-corrected chi connectivity index (χ1v) is 16.4. The number of nitrogens with zero attached hydrogens (tertiary/aromatic N) is 1. The Hall–Kier alpha value is -2.16. The van der Waals surface area contributed by atoms with Crippen LogP contribution < -0.4 is 0 Å². The Bertz CT molecular complexity index is 948. The zero-order chi connectivity index (χ0) is 38.0. The van der Waals surface area contributed by atoms with Crippen molar-refractivity contribution < 1.29 is 80.4 Å². The van der Waals surface area contributed by atoms with Crippen LogP contribution in [0, 0.1) is 11.8 Å². The Morgan fingerprint density at radius 1 is 0.755 bits per heavy atom. The van der Waals surface area contributed by atoms with E-state index in [1.54, 1.807) is 20.8 Å². The lowest BCUT2D eigenvalue weighted by Crippen LogP contribution is -2.50. The molecule has 3 fully saturated rings. The lowest BCUT2D eigenvalue weighted by atomic mass is 9.76. The van der Waals surface area contributed by atoms with Gasteiger partial charge in [0.2, 0.25) is 0 Å². The van der Waals surface area contributed by atoms with Crippen LogP contribution in [0.25, 0.3) is 0 Å². The van der Waals surface area contributed by atoms with Gasteiger partial charge in [-0.25, -0.2) is 4.79 Å². The number of carbonyl (C=O) groups is 3. The van der Waals surface area contributed by atoms with Gasteiger partial charge in [-0.3, -0.25) is 9.59 Å². The van der Waals surface area contributed by atoms with Gasteiger partial charge in [-0.15, -0.1) is 0 Å². The minimum absolute atomic E-state index is 0.0532. The van der Waals surface area contributed by atoms with Gasteiger partial charge >= 0.3 is 24.1 Å². The third kappa shape index (κ3) is 14.9. The molecular formula is C31H56F3NO14. The predicted octanol–water partition coefficient (Wildman–Crippen LogP) is 3.52. The summed E-state index contributed by atoms with van der Waals surface area (Å²) in [5, 5.41) is 16.7. The fourth-order valence-electron chi connectivity index (χ4n) is 5.30. The van der Waals surface area contributed by atoms with Crippen molar-refractivity contribution in [3.63, 3.8) is 0 Å². The Morgan fingerprint density at radius 2 is 1.18 bits per heavy atom. The number of hydrogen-bond donors (Lipinski definition) is 2. The van der Waals surface area contributed by atoms with Gasteiger partial charge in [0.25, 0.3) is 11.9 Å². The topological polar surface area (TPSA) is 178 Å². The van der Waals surface area contributed by atoms with E-state index >= 15 is 0 Å². The second-order valence-corrected chi connectivity index (χ2v) is 10.7. The maximum atomic E-state index is 12.4. The van der Waals surface area contributed by atoms with Crippen molar-refractivity contribution in [2.45, 2.75) is 105 Å². The van der Waals surface area contributed by atoms with Crippen LogP contribution >= 0.6 is 0 Å². The molecule has 15 nitrogen and oxygen atoms in total. The monoisotopic (exact) mass is 723 g/mol. The van der Waals surface area contributed by atoms with Crippen molar-refractivity contribution >= 4 is 17.9 Å². The molecule has 0 radical (unpaired) electrons. The predicted molar refractivity (Wildman–Crippen MR) is 166 cm³/mol. The molecule has 0 aromatic carbocycles. The van der Waals surface area contributed by atoms with Crippen molar-refractivity contribution in [1.82, 2.24) is 4.90 Å². The summed E-state index contributed by atoms with van der Waals surface area (Å²) >= 11 is 0. The van der Waals surface area contributed by atoms with Crippen molar-refractivity contribution in [3.8, 4) is 0 Å². The number of ether oxygens (including phenoxy) is 9. The molecule has 18 heteroatoms. The zero-order valence-corrected chi connectivity index (χ0v) is 30.2. The molecule has 0 saturated carbocycles. The first-order chi connectivity index (χ1) is 22.9. The molecule has 290 valence electrons. The Morgan fingerprint density at radius 3 is 1.49 bits per heavy atom.